The number of nitrogens with zero attached hydrogens (tertiary/aromatic N) is 1. The molecule has 0 aromatic carbocycles. The van der Waals surface area contributed by atoms with Gasteiger partial charge in [0.15, 0.2) is 13.2 Å². The first-order valence-electron chi connectivity index (χ1n) is 7.19. The van der Waals surface area contributed by atoms with Crippen molar-refractivity contribution in [2.75, 3.05) is 20.3 Å². The molecule has 0 radical (unpaired) electrons. The molecule has 0 bridgehead atoms. The summed E-state index contributed by atoms with van der Waals surface area (Å²) in [4.78, 5) is 12.4. The van der Waals surface area contributed by atoms with Crippen LogP contribution in [-0.2, 0) is 23.1 Å². The van der Waals surface area contributed by atoms with E-state index in [4.69, 9.17) is 0 Å². The van der Waals surface area contributed by atoms with Crippen molar-refractivity contribution in [3.63, 3.8) is 0 Å². The molecule has 1 aliphatic heterocycles. The standard InChI is InChI=1S/C14H16F6NO5P/c1-10-7-11(3-5-21(10)6-4-12(22)24-2)27(23,25-8-13(15,16)17)26-9-14(18,19)20/h3-7,11H,8-9H2,1-2H3/b6-4+. The van der Waals surface area contributed by atoms with Crippen molar-refractivity contribution in [3.8, 4) is 0 Å². The van der Waals surface area contributed by atoms with Gasteiger partial charge in [-0.3, -0.25) is 13.6 Å². The van der Waals surface area contributed by atoms with E-state index in [0.29, 0.717) is 0 Å². The van der Waals surface area contributed by atoms with Crippen molar-refractivity contribution in [2.24, 2.45) is 0 Å². The van der Waals surface area contributed by atoms with Gasteiger partial charge in [0, 0.05) is 24.2 Å². The highest BCUT2D eigenvalue weighted by Gasteiger charge is 2.42. The van der Waals surface area contributed by atoms with Gasteiger partial charge < -0.3 is 9.64 Å². The van der Waals surface area contributed by atoms with E-state index in [-0.39, 0.29) is 5.70 Å². The van der Waals surface area contributed by atoms with Gasteiger partial charge in [-0.15, -0.1) is 0 Å². The zero-order valence-corrected chi connectivity index (χ0v) is 15.0. The average molecular weight is 423 g/mol. The Morgan fingerprint density at radius 2 is 1.70 bits per heavy atom. The van der Waals surface area contributed by atoms with Crippen LogP contribution in [0.4, 0.5) is 26.3 Å². The van der Waals surface area contributed by atoms with E-state index in [1.165, 1.54) is 24.2 Å². The molecule has 1 atom stereocenters. The number of methoxy groups -OCH3 is 1. The quantitative estimate of drug-likeness (QED) is 0.266. The molecule has 13 heteroatoms. The van der Waals surface area contributed by atoms with Crippen LogP contribution in [0.25, 0.3) is 0 Å². The van der Waals surface area contributed by atoms with Gasteiger partial charge in [0.1, 0.15) is 5.66 Å². The number of rotatable bonds is 7. The van der Waals surface area contributed by atoms with Gasteiger partial charge in [0.25, 0.3) is 0 Å². The highest BCUT2D eigenvalue weighted by Crippen LogP contribution is 2.56. The van der Waals surface area contributed by atoms with Crippen molar-refractivity contribution in [1.29, 1.82) is 0 Å². The van der Waals surface area contributed by atoms with Gasteiger partial charge in [-0.1, -0.05) is 0 Å². The van der Waals surface area contributed by atoms with E-state index in [0.717, 1.165) is 25.3 Å². The summed E-state index contributed by atoms with van der Waals surface area (Å²) < 4.78 is 99.6. The Kier molecular flexibility index (Phi) is 7.70. The summed E-state index contributed by atoms with van der Waals surface area (Å²) in [7, 11) is -3.70. The summed E-state index contributed by atoms with van der Waals surface area (Å²) in [5.41, 5.74) is -1.22. The van der Waals surface area contributed by atoms with E-state index >= 15 is 0 Å². The molecule has 1 heterocycles. The van der Waals surface area contributed by atoms with Crippen molar-refractivity contribution < 1.29 is 49.5 Å². The number of esters is 1. The number of hydrogen-bond donors (Lipinski definition) is 0. The second kappa shape index (κ2) is 8.94. The SMILES string of the molecule is COC(=O)/C=C/N1C=CC(P(=O)(OCC(F)(F)F)OCC(F)(F)F)C=C1C. The second-order valence-corrected chi connectivity index (χ2v) is 7.40. The lowest BCUT2D eigenvalue weighted by atomic mass is 10.2. The lowest BCUT2D eigenvalue weighted by molar-refractivity contribution is -0.165. The number of alkyl halides is 6. The van der Waals surface area contributed by atoms with E-state index in [9.17, 15) is 35.7 Å². The van der Waals surface area contributed by atoms with Crippen LogP contribution in [0, 0.1) is 0 Å². The Morgan fingerprint density at radius 1 is 1.19 bits per heavy atom. The van der Waals surface area contributed by atoms with Crippen LogP contribution in [0.5, 0.6) is 0 Å². The Hall–Kier alpha value is -1.78. The molecule has 0 aliphatic carbocycles. The fourth-order valence-electron chi connectivity index (χ4n) is 1.80. The van der Waals surface area contributed by atoms with Crippen LogP contribution in [0.15, 0.2) is 36.3 Å². The molecule has 0 aromatic rings. The number of carbonyl (C=O) groups is 1. The largest absolute Gasteiger partial charge is 0.466 e. The van der Waals surface area contributed by atoms with Gasteiger partial charge in [-0.2, -0.15) is 26.3 Å². The van der Waals surface area contributed by atoms with Crippen LogP contribution in [0.1, 0.15) is 6.92 Å². The number of allylic oxidation sites excluding steroid dienone is 3. The lowest BCUT2D eigenvalue weighted by Gasteiger charge is -2.29. The minimum atomic E-state index is -4.91. The minimum Gasteiger partial charge on any atom is -0.466 e. The Bertz CT molecular complexity index is 648. The summed E-state index contributed by atoms with van der Waals surface area (Å²) in [5.74, 6) is -0.689. The van der Waals surface area contributed by atoms with E-state index in [1.807, 2.05) is 0 Å². The zero-order valence-electron chi connectivity index (χ0n) is 14.1. The third-order valence-corrected chi connectivity index (χ3v) is 5.05. The van der Waals surface area contributed by atoms with E-state index in [2.05, 4.69) is 13.8 Å². The minimum absolute atomic E-state index is 0.258. The topological polar surface area (TPSA) is 65.1 Å². The van der Waals surface area contributed by atoms with E-state index in [1.54, 1.807) is 0 Å². The summed E-state index contributed by atoms with van der Waals surface area (Å²) in [6, 6.07) is 0. The summed E-state index contributed by atoms with van der Waals surface area (Å²) in [5, 5.41) is 0. The van der Waals surface area contributed by atoms with Gasteiger partial charge in [-0.05, 0) is 19.1 Å². The molecule has 0 amide bonds. The number of hydrogen-bond acceptors (Lipinski definition) is 6. The van der Waals surface area contributed by atoms with Crippen LogP contribution < -0.4 is 0 Å². The first kappa shape index (κ1) is 23.3. The van der Waals surface area contributed by atoms with Crippen LogP contribution in [0.3, 0.4) is 0 Å². The highest BCUT2D eigenvalue weighted by atomic mass is 31.2. The second-order valence-electron chi connectivity index (χ2n) is 5.20. The molecule has 154 valence electrons. The van der Waals surface area contributed by atoms with Gasteiger partial charge >= 0.3 is 25.9 Å². The monoisotopic (exact) mass is 423 g/mol. The zero-order chi connectivity index (χ0) is 20.9. The first-order valence-corrected chi connectivity index (χ1v) is 8.80. The molecule has 0 N–H and O–H groups in total. The number of ether oxygens (including phenoxy) is 1. The van der Waals surface area contributed by atoms with Gasteiger partial charge in [0.05, 0.1) is 7.11 Å². The predicted octanol–water partition coefficient (Wildman–Crippen LogP) is 4.13. The molecule has 0 fully saturated rings. The Balaban J connectivity index is 3.01. The fourth-order valence-corrected chi connectivity index (χ4v) is 3.55. The van der Waals surface area contributed by atoms with Crippen molar-refractivity contribution >= 4 is 13.6 Å². The van der Waals surface area contributed by atoms with Crippen molar-refractivity contribution in [3.05, 3.63) is 36.3 Å². The molecule has 1 aliphatic rings. The summed E-state index contributed by atoms with van der Waals surface area (Å²) in [6.07, 6.45) is -4.21. The van der Waals surface area contributed by atoms with Crippen LogP contribution in [0.2, 0.25) is 0 Å². The molecule has 27 heavy (non-hydrogen) atoms. The van der Waals surface area contributed by atoms with Crippen LogP contribution in [-0.4, -0.2) is 49.2 Å². The maximum absolute atomic E-state index is 12.6. The molecule has 0 saturated heterocycles. The van der Waals surface area contributed by atoms with Crippen LogP contribution >= 0.6 is 7.60 Å². The number of halogens is 6. The van der Waals surface area contributed by atoms with E-state index < -0.39 is 44.8 Å². The summed E-state index contributed by atoms with van der Waals surface area (Å²) in [6.45, 7) is -2.65. The fraction of sp³-hybridized carbons (Fsp3) is 0.500. The third kappa shape index (κ3) is 8.19. The third-order valence-electron chi connectivity index (χ3n) is 3.02. The van der Waals surface area contributed by atoms with Crippen molar-refractivity contribution in [2.45, 2.75) is 24.9 Å². The molecule has 6 nitrogen and oxygen atoms in total. The molecule has 0 spiro atoms. The maximum Gasteiger partial charge on any atom is 0.412 e. The van der Waals surface area contributed by atoms with Gasteiger partial charge in [0.2, 0.25) is 0 Å². The average Bonchev–Trinajstić information content (AvgIpc) is 2.55. The van der Waals surface area contributed by atoms with Gasteiger partial charge in [-0.25, -0.2) is 4.79 Å². The molecular weight excluding hydrogens is 407 g/mol. The lowest BCUT2D eigenvalue weighted by Crippen LogP contribution is -2.25. The smallest absolute Gasteiger partial charge is 0.412 e. The highest BCUT2D eigenvalue weighted by molar-refractivity contribution is 7.55. The Morgan fingerprint density at radius 3 is 2.11 bits per heavy atom. The Labute approximate surface area is 150 Å². The van der Waals surface area contributed by atoms with Crippen molar-refractivity contribution in [1.82, 2.24) is 4.90 Å². The normalized spacial score (nSPS) is 18.7. The molecule has 0 aromatic heterocycles. The predicted molar refractivity (Wildman–Crippen MR) is 81.3 cm³/mol. The molecule has 1 unspecified atom stereocenters. The first-order chi connectivity index (χ1) is 12.3. The summed E-state index contributed by atoms with van der Waals surface area (Å²) >= 11 is 0. The maximum atomic E-state index is 12.6. The molecule has 0 saturated carbocycles. The number of carbonyl (C=O) groups excluding carboxylic acids is 1. The molecular formula is C14H16F6NO5P. The molecule has 1 rings (SSSR count).